The van der Waals surface area contributed by atoms with Gasteiger partial charge in [0.05, 0.1) is 11.5 Å². The van der Waals surface area contributed by atoms with Gasteiger partial charge in [-0.15, -0.1) is 5.10 Å². The summed E-state index contributed by atoms with van der Waals surface area (Å²) in [6, 6.07) is 0. The van der Waals surface area contributed by atoms with Crippen molar-refractivity contribution >= 4 is 17.4 Å². The Morgan fingerprint density at radius 3 is 2.38 bits per heavy atom. The van der Waals surface area contributed by atoms with Crippen LogP contribution in [-0.4, -0.2) is 70.2 Å². The summed E-state index contributed by atoms with van der Waals surface area (Å²) in [5, 5.41) is 16.8. The van der Waals surface area contributed by atoms with Crippen LogP contribution < -0.4 is 5.32 Å². The Morgan fingerprint density at radius 2 is 1.88 bits per heavy atom. The van der Waals surface area contributed by atoms with Crippen molar-refractivity contribution < 1.29 is 22.9 Å². The average molecular weight is 350 g/mol. The zero-order chi connectivity index (χ0) is 18.1. The van der Waals surface area contributed by atoms with E-state index in [1.165, 1.54) is 0 Å². The second-order valence-electron chi connectivity index (χ2n) is 5.46. The van der Waals surface area contributed by atoms with E-state index in [2.05, 4.69) is 10.4 Å². The van der Waals surface area contributed by atoms with Crippen molar-refractivity contribution in [1.29, 1.82) is 0 Å². The number of carbonyl (C=O) groups excluding carboxylic acids is 1. The maximum absolute atomic E-state index is 12.9. The maximum atomic E-state index is 12.9. The molecule has 1 amide bonds. The molecule has 0 saturated carbocycles. The maximum Gasteiger partial charge on any atom is 0.440 e. The van der Waals surface area contributed by atoms with E-state index < -0.39 is 28.3 Å². The van der Waals surface area contributed by atoms with Gasteiger partial charge in [0.15, 0.2) is 0 Å². The highest BCUT2D eigenvalue weighted by Crippen LogP contribution is 2.39. The molecule has 0 bridgehead atoms. The molecule has 1 aliphatic heterocycles. The number of carbonyl (C=O) groups is 1. The summed E-state index contributed by atoms with van der Waals surface area (Å²) in [6.07, 6.45) is -4.93. The van der Waals surface area contributed by atoms with E-state index in [4.69, 9.17) is 0 Å². The minimum atomic E-state index is -4.93. The van der Waals surface area contributed by atoms with Crippen LogP contribution in [0.15, 0.2) is 0 Å². The fraction of sp³-hybridized carbons (Fsp3) is 0.667. The van der Waals surface area contributed by atoms with Crippen molar-refractivity contribution in [1.82, 2.24) is 19.6 Å². The Balaban J connectivity index is 2.13. The number of likely N-dealkylation sites (N-methyl/N-ethyl adjacent to an activating group) is 1. The van der Waals surface area contributed by atoms with Crippen LogP contribution in [0.25, 0.3) is 0 Å². The molecule has 1 N–H and O–H groups in total. The third kappa shape index (κ3) is 3.75. The van der Waals surface area contributed by atoms with Crippen molar-refractivity contribution in [2.45, 2.75) is 6.18 Å². The van der Waals surface area contributed by atoms with Crippen LogP contribution in [0.5, 0.6) is 0 Å². The van der Waals surface area contributed by atoms with E-state index in [9.17, 15) is 28.1 Å². The number of alkyl halides is 3. The number of halogens is 3. The van der Waals surface area contributed by atoms with Gasteiger partial charge in [-0.2, -0.15) is 13.2 Å². The molecule has 0 aromatic carbocycles. The SMILES string of the molecule is CN1CCN(C(=O)CNc2nn(C)c(C(F)(F)F)c2[N+](=O)[O-])CC1. The second-order valence-corrected chi connectivity index (χ2v) is 5.46. The van der Waals surface area contributed by atoms with Gasteiger partial charge in [-0.05, 0) is 7.05 Å². The molecule has 2 heterocycles. The number of piperazine rings is 1. The summed E-state index contributed by atoms with van der Waals surface area (Å²) < 4.78 is 39.2. The number of rotatable bonds is 4. The number of amides is 1. The van der Waals surface area contributed by atoms with Crippen LogP contribution in [0.2, 0.25) is 0 Å². The zero-order valence-electron chi connectivity index (χ0n) is 13.1. The number of anilines is 1. The average Bonchev–Trinajstić information content (AvgIpc) is 2.82. The summed E-state index contributed by atoms with van der Waals surface area (Å²) in [6.45, 7) is 2.00. The molecule has 0 unspecified atom stereocenters. The predicted molar refractivity (Wildman–Crippen MR) is 77.4 cm³/mol. The number of nitro groups is 1. The van der Waals surface area contributed by atoms with Crippen molar-refractivity contribution in [3.63, 3.8) is 0 Å². The lowest BCUT2D eigenvalue weighted by atomic mass is 10.3. The first kappa shape index (κ1) is 18.0. The number of aromatic nitrogens is 2. The lowest BCUT2D eigenvalue weighted by Crippen LogP contribution is -2.48. The minimum absolute atomic E-state index is 0.350. The van der Waals surface area contributed by atoms with Crippen LogP contribution in [-0.2, 0) is 18.0 Å². The van der Waals surface area contributed by atoms with Crippen LogP contribution in [0.1, 0.15) is 5.69 Å². The lowest BCUT2D eigenvalue weighted by Gasteiger charge is -2.32. The van der Waals surface area contributed by atoms with Gasteiger partial charge in [0.25, 0.3) is 0 Å². The third-order valence-corrected chi connectivity index (χ3v) is 3.74. The first-order valence-electron chi connectivity index (χ1n) is 7.10. The molecular formula is C12H17F3N6O3. The first-order valence-corrected chi connectivity index (χ1v) is 7.10. The zero-order valence-corrected chi connectivity index (χ0v) is 13.1. The van der Waals surface area contributed by atoms with E-state index in [0.717, 1.165) is 7.05 Å². The van der Waals surface area contributed by atoms with Crippen LogP contribution in [0.4, 0.5) is 24.7 Å². The molecule has 134 valence electrons. The molecule has 1 aromatic heterocycles. The number of hydrogen-bond donors (Lipinski definition) is 1. The fourth-order valence-corrected chi connectivity index (χ4v) is 2.45. The van der Waals surface area contributed by atoms with Crippen molar-refractivity contribution in [2.24, 2.45) is 7.05 Å². The predicted octanol–water partition coefficient (Wildman–Crippen LogP) is 0.533. The van der Waals surface area contributed by atoms with E-state index in [1.807, 2.05) is 11.9 Å². The Labute approximate surface area is 135 Å². The summed E-state index contributed by atoms with van der Waals surface area (Å²) >= 11 is 0. The van der Waals surface area contributed by atoms with E-state index >= 15 is 0 Å². The van der Waals surface area contributed by atoms with Gasteiger partial charge in [-0.3, -0.25) is 19.6 Å². The van der Waals surface area contributed by atoms with Gasteiger partial charge in [-0.1, -0.05) is 0 Å². The lowest BCUT2D eigenvalue weighted by molar-refractivity contribution is -0.387. The van der Waals surface area contributed by atoms with Gasteiger partial charge in [0.2, 0.25) is 17.4 Å². The molecular weight excluding hydrogens is 333 g/mol. The molecule has 1 aromatic rings. The third-order valence-electron chi connectivity index (χ3n) is 3.74. The summed E-state index contributed by atoms with van der Waals surface area (Å²) in [5.41, 5.74) is -2.65. The smallest absolute Gasteiger partial charge is 0.354 e. The standard InChI is InChI=1S/C12H17F3N6O3/c1-18-3-5-20(6-4-18)8(22)7-16-11-9(21(23)24)10(12(13,14)15)19(2)17-11/h3-7H2,1-2H3,(H,16,17). The topological polar surface area (TPSA) is 96.5 Å². The highest BCUT2D eigenvalue weighted by molar-refractivity contribution is 5.81. The quantitative estimate of drug-likeness (QED) is 0.629. The van der Waals surface area contributed by atoms with Gasteiger partial charge >= 0.3 is 11.9 Å². The molecule has 9 nitrogen and oxygen atoms in total. The van der Waals surface area contributed by atoms with Gasteiger partial charge < -0.3 is 15.1 Å². The minimum Gasteiger partial charge on any atom is -0.354 e. The van der Waals surface area contributed by atoms with E-state index in [0.29, 0.717) is 30.9 Å². The first-order chi connectivity index (χ1) is 11.1. The van der Waals surface area contributed by atoms with Crippen molar-refractivity contribution in [3.8, 4) is 0 Å². The molecule has 1 saturated heterocycles. The molecule has 2 rings (SSSR count). The highest BCUT2D eigenvalue weighted by Gasteiger charge is 2.45. The molecule has 0 aliphatic carbocycles. The summed E-state index contributed by atoms with van der Waals surface area (Å²) in [7, 11) is 2.87. The number of nitrogens with one attached hydrogen (secondary N) is 1. The molecule has 0 radical (unpaired) electrons. The molecule has 1 fully saturated rings. The Morgan fingerprint density at radius 1 is 1.29 bits per heavy atom. The van der Waals surface area contributed by atoms with E-state index in [-0.39, 0.29) is 12.5 Å². The normalized spacial score (nSPS) is 16.3. The fourth-order valence-electron chi connectivity index (χ4n) is 2.45. The Bertz CT molecular complexity index is 637. The van der Waals surface area contributed by atoms with E-state index in [1.54, 1.807) is 4.90 Å². The van der Waals surface area contributed by atoms with Gasteiger partial charge in [0, 0.05) is 33.2 Å². The highest BCUT2D eigenvalue weighted by atomic mass is 19.4. The second kappa shape index (κ2) is 6.63. The van der Waals surface area contributed by atoms with Crippen molar-refractivity contribution in [3.05, 3.63) is 15.8 Å². The summed E-state index contributed by atoms with van der Waals surface area (Å²) in [4.78, 5) is 25.5. The molecule has 24 heavy (non-hydrogen) atoms. The molecule has 1 aliphatic rings. The molecule has 0 atom stereocenters. The Hall–Kier alpha value is -2.37. The summed E-state index contributed by atoms with van der Waals surface area (Å²) in [5.74, 6) is -0.922. The van der Waals surface area contributed by atoms with Gasteiger partial charge in [0.1, 0.15) is 0 Å². The van der Waals surface area contributed by atoms with Crippen molar-refractivity contribution in [2.75, 3.05) is 45.1 Å². The van der Waals surface area contributed by atoms with Crippen LogP contribution in [0.3, 0.4) is 0 Å². The molecule has 12 heteroatoms. The van der Waals surface area contributed by atoms with Gasteiger partial charge in [-0.25, -0.2) is 0 Å². The molecule has 0 spiro atoms. The largest absolute Gasteiger partial charge is 0.440 e. The van der Waals surface area contributed by atoms with Crippen LogP contribution in [0, 0.1) is 10.1 Å². The van der Waals surface area contributed by atoms with Crippen LogP contribution >= 0.6 is 0 Å². The Kier molecular flexibility index (Phi) is 4.96. The number of aryl methyl sites for hydroxylation is 1. The number of hydrogen-bond acceptors (Lipinski definition) is 6. The monoisotopic (exact) mass is 350 g/mol. The number of nitrogens with zero attached hydrogens (tertiary/aromatic N) is 5.